The molecule has 14 rings (SSSR count). The predicted molar refractivity (Wildman–Crippen MR) is 389 cm³/mol. The van der Waals surface area contributed by atoms with E-state index in [1.165, 1.54) is 104 Å². The van der Waals surface area contributed by atoms with E-state index in [-0.39, 0.29) is 42.1 Å². The zero-order valence-electron chi connectivity index (χ0n) is 48.5. The fraction of sp³-hybridized carbons (Fsp3) is 0.0526. The summed E-state index contributed by atoms with van der Waals surface area (Å²) in [7, 11) is -2.29. The van der Waals surface area contributed by atoms with E-state index in [1.54, 1.807) is 0 Å². The molecule has 2 fully saturated rings. The third-order valence-electron chi connectivity index (χ3n) is 15.8. The van der Waals surface area contributed by atoms with Crippen LogP contribution in [0.15, 0.2) is 340 Å². The van der Waals surface area contributed by atoms with E-state index in [2.05, 4.69) is 358 Å². The molecule has 2 saturated heterocycles. The smallest absolute Gasteiger partial charge is 0.123 e. The van der Waals surface area contributed by atoms with Crippen LogP contribution in [-0.2, 0) is 42.1 Å². The number of anilines is 4. The van der Waals surface area contributed by atoms with Crippen LogP contribution in [0, 0.1) is 0 Å². The van der Waals surface area contributed by atoms with E-state index in [9.17, 15) is 0 Å². The molecule has 0 atom stereocenters. The van der Waals surface area contributed by atoms with Crippen LogP contribution in [0.2, 0.25) is 0 Å². The molecule has 0 unspecified atom stereocenters. The summed E-state index contributed by atoms with van der Waals surface area (Å²) in [6.07, 6.45) is 0. The summed E-state index contributed by atoms with van der Waals surface area (Å²) in [5, 5.41) is 17.1. The molecule has 0 N–H and O–H groups in total. The third kappa shape index (κ3) is 14.7. The zero-order chi connectivity index (χ0) is 57.7. The molecule has 0 aliphatic carbocycles. The number of hydrogen-bond acceptors (Lipinski definition) is 4. The standard InChI is InChI=1S/2C38H32N2P3.2Pt/c2*1-5-17-31(18-6-1)42(32-19-7-2-8-20-32)37-27-15-13-25-35(37)39-29-30-40(41-39)36-26-14-16-28-38(36)43(33-21-9-3-10-22-33)34-23-11-4-12-24-34;;/h2*1-28H,29-30H2;;/q2*-1;;/p+4. The minimum Gasteiger partial charge on any atom is -0.502 e. The molecule has 12 aromatic rings. The molecule has 0 saturated carbocycles. The normalized spacial score (nSPS) is 12.9. The second kappa shape index (κ2) is 31.5. The van der Waals surface area contributed by atoms with Crippen LogP contribution in [0.4, 0.5) is 22.7 Å². The second-order valence-electron chi connectivity index (χ2n) is 21.2. The van der Waals surface area contributed by atoms with Gasteiger partial charge in [0, 0.05) is 68.3 Å². The summed E-state index contributed by atoms with van der Waals surface area (Å²) < 4.78 is 10.3. The average Bonchev–Trinajstić information content (AvgIpc) is 3.71. The first-order valence-electron chi connectivity index (χ1n) is 29.6. The van der Waals surface area contributed by atoms with Gasteiger partial charge in [0.2, 0.25) is 0 Å². The fourth-order valence-corrected chi connectivity index (χ4v) is 25.6. The van der Waals surface area contributed by atoms with Gasteiger partial charge in [-0.05, 0) is 146 Å². The Bertz CT molecular complexity index is 3390. The van der Waals surface area contributed by atoms with Gasteiger partial charge in [-0.2, -0.15) is 0 Å². The first-order valence-corrected chi connectivity index (χ1v) is 37.2. The van der Waals surface area contributed by atoms with Crippen molar-refractivity contribution in [1.82, 2.24) is 0 Å². The van der Waals surface area contributed by atoms with Crippen LogP contribution >= 0.6 is 49.5 Å². The molecule has 440 valence electrons. The number of hydrogen-bond donors (Lipinski definition) is 0. The molecule has 12 aromatic carbocycles. The van der Waals surface area contributed by atoms with E-state index in [0.29, 0.717) is 0 Å². The van der Waals surface area contributed by atoms with Crippen LogP contribution in [0.5, 0.6) is 0 Å². The van der Waals surface area contributed by atoms with Crippen LogP contribution < -0.4 is 82.3 Å². The van der Waals surface area contributed by atoms with Gasteiger partial charge in [-0.25, -0.2) is 0 Å². The van der Waals surface area contributed by atoms with Gasteiger partial charge >= 0.3 is 0 Å². The average molecular weight is 1610 g/mol. The van der Waals surface area contributed by atoms with Crippen molar-refractivity contribution in [3.05, 3.63) is 340 Å². The molecule has 0 radical (unpaired) electrons. The van der Waals surface area contributed by atoms with Crippen molar-refractivity contribution in [3.8, 4) is 0 Å². The van der Waals surface area contributed by atoms with Gasteiger partial charge in [0.05, 0.1) is 22.7 Å². The Hall–Kier alpha value is -6.20. The van der Waals surface area contributed by atoms with Crippen LogP contribution in [0.3, 0.4) is 0 Å². The molecular formula is C76H68N4P6Pt2+2. The summed E-state index contributed by atoms with van der Waals surface area (Å²) in [4.78, 5) is 0. The Morgan fingerprint density at radius 1 is 0.182 bits per heavy atom. The SMILES string of the molecule is [Pt].[Pt].c1ccc([PH+](c2ccccc2)c2ccccc2N2CCN(c3ccccc3[PH+](c3ccccc3)c3ccccc3)[P-]2)cc1.c1ccc([PH+](c2ccccc2)c2ccccc2N2CCN(c3ccccc3[PH+](c3ccccc3)c3ccccc3)[P-]2)cc1. The van der Waals surface area contributed by atoms with E-state index in [1.807, 2.05) is 0 Å². The minimum absolute atomic E-state index is 0. The Kier molecular flexibility index (Phi) is 22.7. The first-order chi connectivity index (χ1) is 42.7. The predicted octanol–water partition coefficient (Wildman–Crippen LogP) is 13.5. The molecule has 0 aromatic heterocycles. The Labute approximate surface area is 557 Å². The number of nitrogens with zero attached hydrogens (tertiary/aromatic N) is 4. The van der Waals surface area contributed by atoms with E-state index < -0.39 is 31.7 Å². The number of rotatable bonds is 16. The maximum absolute atomic E-state index is 2.57. The van der Waals surface area contributed by atoms with Crippen LogP contribution in [0.25, 0.3) is 0 Å². The Morgan fingerprint density at radius 2 is 0.318 bits per heavy atom. The topological polar surface area (TPSA) is 13.0 Å². The van der Waals surface area contributed by atoms with Crippen LogP contribution in [0.1, 0.15) is 0 Å². The fourth-order valence-electron chi connectivity index (χ4n) is 11.9. The molecule has 2 aliphatic rings. The third-order valence-corrected chi connectivity index (χ3v) is 29.4. The van der Waals surface area contributed by atoms with Crippen molar-refractivity contribution in [3.63, 3.8) is 0 Å². The van der Waals surface area contributed by atoms with E-state index in [4.69, 9.17) is 0 Å². The molecular weight excluding hydrogens is 1540 g/mol. The van der Waals surface area contributed by atoms with Crippen molar-refractivity contribution >= 4 is 136 Å². The number of benzene rings is 12. The minimum atomic E-state index is -1.18. The maximum Gasteiger partial charge on any atom is 0.123 e. The van der Waals surface area contributed by atoms with Gasteiger partial charge in [-0.1, -0.05) is 194 Å². The molecule has 4 nitrogen and oxygen atoms in total. The van der Waals surface area contributed by atoms with E-state index >= 15 is 0 Å². The van der Waals surface area contributed by atoms with Gasteiger partial charge in [-0.15, -0.1) is 0 Å². The van der Waals surface area contributed by atoms with Crippen molar-refractivity contribution in [1.29, 1.82) is 0 Å². The summed E-state index contributed by atoms with van der Waals surface area (Å²) in [6, 6.07) is 125. The summed E-state index contributed by atoms with van der Waals surface area (Å²) in [5.41, 5.74) is 5.40. The number of para-hydroxylation sites is 4. The molecule has 2 aliphatic heterocycles. The van der Waals surface area contributed by atoms with Gasteiger partial charge < -0.3 is 36.4 Å². The van der Waals surface area contributed by atoms with Crippen molar-refractivity contribution in [2.45, 2.75) is 0 Å². The molecule has 0 amide bonds. The van der Waals surface area contributed by atoms with Gasteiger partial charge in [0.25, 0.3) is 0 Å². The van der Waals surface area contributed by atoms with Gasteiger partial charge in [0.15, 0.2) is 0 Å². The monoisotopic (exact) mass is 1610 g/mol. The summed E-state index contributed by atoms with van der Waals surface area (Å²) in [6.45, 7) is 3.96. The van der Waals surface area contributed by atoms with Gasteiger partial charge in [-0.3, -0.25) is 0 Å². The zero-order valence-corrected chi connectivity index (χ0v) is 58.8. The quantitative estimate of drug-likeness (QED) is 0.0894. The van der Waals surface area contributed by atoms with Crippen molar-refractivity contribution < 1.29 is 42.1 Å². The Morgan fingerprint density at radius 3 is 0.477 bits per heavy atom. The summed E-state index contributed by atoms with van der Waals surface area (Å²) >= 11 is 0. The summed E-state index contributed by atoms with van der Waals surface area (Å²) in [5.74, 6) is 0. The van der Waals surface area contributed by atoms with Crippen LogP contribution in [-0.4, -0.2) is 26.2 Å². The molecule has 0 bridgehead atoms. The van der Waals surface area contributed by atoms with Crippen molar-refractivity contribution in [2.75, 3.05) is 44.9 Å². The first kappa shape index (κ1) is 63.4. The second-order valence-corrected chi connectivity index (χ2v) is 33.2. The maximum atomic E-state index is 2.57. The molecule has 12 heteroatoms. The molecule has 88 heavy (non-hydrogen) atoms. The Balaban J connectivity index is 0.000000178. The van der Waals surface area contributed by atoms with E-state index in [0.717, 1.165) is 26.2 Å². The molecule has 2 heterocycles. The van der Waals surface area contributed by atoms with Gasteiger partial charge in [0.1, 0.15) is 95.3 Å². The molecule has 0 spiro atoms. The largest absolute Gasteiger partial charge is 0.502 e. The van der Waals surface area contributed by atoms with Crippen molar-refractivity contribution in [2.24, 2.45) is 0 Å².